The maximum Gasteiger partial charge on any atom is 0.330 e. The fourth-order valence-corrected chi connectivity index (χ4v) is 3.23. The average Bonchev–Trinajstić information content (AvgIpc) is 2.51. The lowest BCUT2D eigenvalue weighted by molar-refractivity contribution is 0.0329. The molecule has 2 atom stereocenters. The average molecular weight is 324 g/mol. The molecule has 1 aliphatic heterocycles. The second kappa shape index (κ2) is 7.42. The van der Waals surface area contributed by atoms with Crippen LogP contribution in [0.4, 0.5) is 0 Å². The number of nitrogens with zero attached hydrogens (tertiary/aromatic N) is 4. The number of piperazine rings is 1. The molecule has 1 aliphatic rings. The van der Waals surface area contributed by atoms with Gasteiger partial charge in [-0.1, -0.05) is 6.92 Å². The van der Waals surface area contributed by atoms with E-state index in [-0.39, 0.29) is 17.4 Å². The number of β-amino-alcohol motifs (C(OH)–C–C–N with tert-alkyl or cyclic N) is 1. The molecule has 0 spiro atoms. The molecule has 23 heavy (non-hydrogen) atoms. The van der Waals surface area contributed by atoms with Gasteiger partial charge in [0, 0.05) is 64.6 Å². The van der Waals surface area contributed by atoms with E-state index in [1.807, 2.05) is 6.92 Å². The molecule has 1 fully saturated rings. The summed E-state index contributed by atoms with van der Waals surface area (Å²) in [4.78, 5) is 28.5. The van der Waals surface area contributed by atoms with E-state index in [0.29, 0.717) is 19.1 Å². The zero-order chi connectivity index (χ0) is 17.1. The van der Waals surface area contributed by atoms with Crippen molar-refractivity contribution >= 4 is 0 Å². The van der Waals surface area contributed by atoms with Crippen LogP contribution in [0.5, 0.6) is 0 Å². The maximum absolute atomic E-state index is 12.0. The van der Waals surface area contributed by atoms with E-state index in [2.05, 4.69) is 16.7 Å². The number of aliphatic hydroxyl groups is 1. The molecule has 130 valence electrons. The highest BCUT2D eigenvalue weighted by atomic mass is 16.3. The smallest absolute Gasteiger partial charge is 0.330 e. The van der Waals surface area contributed by atoms with Crippen LogP contribution in [0.2, 0.25) is 0 Å². The van der Waals surface area contributed by atoms with Crippen LogP contribution in [-0.4, -0.2) is 62.4 Å². The summed E-state index contributed by atoms with van der Waals surface area (Å²) in [6.45, 7) is 7.89. The quantitative estimate of drug-likeness (QED) is 0.780. The van der Waals surface area contributed by atoms with Gasteiger partial charge in [0.25, 0.3) is 5.56 Å². The first kappa shape index (κ1) is 17.9. The molecule has 2 heterocycles. The Morgan fingerprint density at radius 1 is 1.26 bits per heavy atom. The van der Waals surface area contributed by atoms with E-state index >= 15 is 0 Å². The van der Waals surface area contributed by atoms with E-state index in [1.54, 1.807) is 17.7 Å². The summed E-state index contributed by atoms with van der Waals surface area (Å²) in [6, 6.07) is 1.94. The SMILES string of the molecule is CCC1CN(Cc2cc(=O)n(C)c(=O)n2C)CCN1CC(C)O. The normalized spacial score (nSPS) is 21.5. The highest BCUT2D eigenvalue weighted by Crippen LogP contribution is 2.15. The van der Waals surface area contributed by atoms with Gasteiger partial charge in [0.2, 0.25) is 0 Å². The first-order valence-electron chi connectivity index (χ1n) is 8.23. The summed E-state index contributed by atoms with van der Waals surface area (Å²) in [5.74, 6) is 0. The van der Waals surface area contributed by atoms with E-state index in [0.717, 1.165) is 36.3 Å². The monoisotopic (exact) mass is 324 g/mol. The zero-order valence-electron chi connectivity index (χ0n) is 14.5. The largest absolute Gasteiger partial charge is 0.392 e. The maximum atomic E-state index is 12.0. The lowest BCUT2D eigenvalue weighted by atomic mass is 10.1. The molecule has 0 radical (unpaired) electrons. The molecule has 0 amide bonds. The first-order chi connectivity index (χ1) is 10.8. The molecular formula is C16H28N4O3. The highest BCUT2D eigenvalue weighted by molar-refractivity contribution is 5.03. The van der Waals surface area contributed by atoms with E-state index in [4.69, 9.17) is 0 Å². The Morgan fingerprint density at radius 2 is 1.96 bits per heavy atom. The number of rotatable bonds is 5. The van der Waals surface area contributed by atoms with Crippen molar-refractivity contribution in [2.75, 3.05) is 26.2 Å². The molecule has 0 aliphatic carbocycles. The molecule has 2 rings (SSSR count). The fraction of sp³-hybridized carbons (Fsp3) is 0.750. The Bertz CT molecular complexity index is 650. The minimum Gasteiger partial charge on any atom is -0.392 e. The van der Waals surface area contributed by atoms with Gasteiger partial charge in [0.1, 0.15) is 0 Å². The van der Waals surface area contributed by atoms with Crippen LogP contribution >= 0.6 is 0 Å². The molecule has 7 heteroatoms. The Balaban J connectivity index is 2.11. The molecule has 1 N–H and O–H groups in total. The Morgan fingerprint density at radius 3 is 2.57 bits per heavy atom. The summed E-state index contributed by atoms with van der Waals surface area (Å²) >= 11 is 0. The van der Waals surface area contributed by atoms with Gasteiger partial charge in [-0.2, -0.15) is 0 Å². The van der Waals surface area contributed by atoms with Crippen molar-refractivity contribution in [3.63, 3.8) is 0 Å². The number of aromatic nitrogens is 2. The predicted molar refractivity (Wildman–Crippen MR) is 89.5 cm³/mol. The lowest BCUT2D eigenvalue weighted by Crippen LogP contribution is -2.54. The van der Waals surface area contributed by atoms with Crippen molar-refractivity contribution in [2.24, 2.45) is 14.1 Å². The van der Waals surface area contributed by atoms with Gasteiger partial charge in [0.05, 0.1) is 6.10 Å². The fourth-order valence-electron chi connectivity index (χ4n) is 3.23. The summed E-state index contributed by atoms with van der Waals surface area (Å²) in [5, 5.41) is 9.61. The van der Waals surface area contributed by atoms with Gasteiger partial charge in [-0.3, -0.25) is 23.7 Å². The van der Waals surface area contributed by atoms with Crippen molar-refractivity contribution in [3.05, 3.63) is 32.6 Å². The van der Waals surface area contributed by atoms with Crippen molar-refractivity contribution < 1.29 is 5.11 Å². The zero-order valence-corrected chi connectivity index (χ0v) is 14.5. The van der Waals surface area contributed by atoms with Crippen LogP contribution in [0.1, 0.15) is 26.0 Å². The summed E-state index contributed by atoms with van der Waals surface area (Å²) in [7, 11) is 3.20. The van der Waals surface area contributed by atoms with Crippen molar-refractivity contribution in [2.45, 2.75) is 39.0 Å². The third-order valence-electron chi connectivity index (χ3n) is 4.67. The van der Waals surface area contributed by atoms with E-state index < -0.39 is 0 Å². The lowest BCUT2D eigenvalue weighted by Gasteiger charge is -2.41. The number of aliphatic hydroxyl groups excluding tert-OH is 1. The molecule has 7 nitrogen and oxygen atoms in total. The summed E-state index contributed by atoms with van der Waals surface area (Å²) in [6.07, 6.45) is 0.687. The molecule has 1 aromatic rings. The first-order valence-corrected chi connectivity index (χ1v) is 8.23. The molecular weight excluding hydrogens is 296 g/mol. The Labute approximate surface area is 136 Å². The van der Waals surface area contributed by atoms with Gasteiger partial charge >= 0.3 is 5.69 Å². The number of hydrogen-bond donors (Lipinski definition) is 1. The van der Waals surface area contributed by atoms with Crippen LogP contribution in [0.25, 0.3) is 0 Å². The van der Waals surface area contributed by atoms with Crippen molar-refractivity contribution in [1.29, 1.82) is 0 Å². The molecule has 0 aromatic carbocycles. The second-order valence-corrected chi connectivity index (χ2v) is 6.52. The van der Waals surface area contributed by atoms with Crippen LogP contribution in [0.3, 0.4) is 0 Å². The highest BCUT2D eigenvalue weighted by Gasteiger charge is 2.26. The second-order valence-electron chi connectivity index (χ2n) is 6.52. The molecule has 1 saturated heterocycles. The third kappa shape index (κ3) is 4.10. The van der Waals surface area contributed by atoms with Crippen molar-refractivity contribution in [3.8, 4) is 0 Å². The molecule has 0 saturated carbocycles. The topological polar surface area (TPSA) is 70.7 Å². The minimum absolute atomic E-state index is 0.261. The molecule has 2 unspecified atom stereocenters. The van der Waals surface area contributed by atoms with E-state index in [1.165, 1.54) is 7.05 Å². The Hall–Kier alpha value is -1.44. The van der Waals surface area contributed by atoms with Crippen LogP contribution in [-0.2, 0) is 20.6 Å². The van der Waals surface area contributed by atoms with Gasteiger partial charge < -0.3 is 5.11 Å². The third-order valence-corrected chi connectivity index (χ3v) is 4.67. The van der Waals surface area contributed by atoms with Crippen LogP contribution in [0, 0.1) is 0 Å². The van der Waals surface area contributed by atoms with Gasteiger partial charge in [-0.15, -0.1) is 0 Å². The summed E-state index contributed by atoms with van der Waals surface area (Å²) in [5.41, 5.74) is 0.201. The standard InChI is InChI=1S/C16H28N4O3/c1-5-13-10-19(6-7-20(13)9-12(2)21)11-14-8-15(22)18(4)16(23)17(14)3/h8,12-13,21H,5-7,9-11H2,1-4H3. The van der Waals surface area contributed by atoms with Gasteiger partial charge in [-0.05, 0) is 13.3 Å². The van der Waals surface area contributed by atoms with E-state index in [9.17, 15) is 14.7 Å². The molecule has 1 aromatic heterocycles. The molecule has 0 bridgehead atoms. The predicted octanol–water partition coefficient (Wildman–Crippen LogP) is -0.639. The summed E-state index contributed by atoms with van der Waals surface area (Å²) < 4.78 is 2.67. The van der Waals surface area contributed by atoms with Gasteiger partial charge in [-0.25, -0.2) is 4.79 Å². The van der Waals surface area contributed by atoms with Crippen LogP contribution in [0.15, 0.2) is 15.7 Å². The van der Waals surface area contributed by atoms with Crippen LogP contribution < -0.4 is 11.2 Å². The number of hydrogen-bond acceptors (Lipinski definition) is 5. The van der Waals surface area contributed by atoms with Crippen molar-refractivity contribution in [1.82, 2.24) is 18.9 Å². The Kier molecular flexibility index (Phi) is 5.78. The minimum atomic E-state index is -0.325. The van der Waals surface area contributed by atoms with Gasteiger partial charge in [0.15, 0.2) is 0 Å².